The molecule has 2 aliphatic rings. The van der Waals surface area contributed by atoms with Crippen molar-refractivity contribution in [1.82, 2.24) is 5.32 Å². The lowest BCUT2D eigenvalue weighted by atomic mass is 9.85. The highest BCUT2D eigenvalue weighted by atomic mass is 19.4. The molecule has 4 heteroatoms. The summed E-state index contributed by atoms with van der Waals surface area (Å²) < 4.78 is 37.8. The molecule has 0 spiro atoms. The number of halogens is 3. The Morgan fingerprint density at radius 3 is 2.64 bits per heavy atom. The Bertz CT molecular complexity index is 288. The molecule has 2 rings (SSSR count). The molecule has 78 valence electrons. The molecule has 0 aromatic rings. The summed E-state index contributed by atoms with van der Waals surface area (Å²) in [7, 11) is 0. The van der Waals surface area contributed by atoms with Crippen LogP contribution in [0.25, 0.3) is 0 Å². The summed E-state index contributed by atoms with van der Waals surface area (Å²) in [6.45, 7) is 0. The van der Waals surface area contributed by atoms with Gasteiger partial charge in [0.1, 0.15) is 0 Å². The Hall–Kier alpha value is -0.930. The molecule has 1 unspecified atom stereocenters. The van der Waals surface area contributed by atoms with Gasteiger partial charge in [0.15, 0.2) is 0 Å². The molecule has 1 nitrogen and oxygen atoms in total. The summed E-state index contributed by atoms with van der Waals surface area (Å²) in [5, 5.41) is 2.92. The lowest BCUT2D eigenvalue weighted by Gasteiger charge is -2.30. The molecule has 1 heterocycles. The second-order valence-corrected chi connectivity index (χ2v) is 3.73. The van der Waals surface area contributed by atoms with Gasteiger partial charge in [-0.25, -0.2) is 0 Å². The maximum Gasteiger partial charge on any atom is 0.398 e. The molecule has 1 aliphatic carbocycles. The smallest absolute Gasteiger partial charge is 0.365 e. The molecule has 0 saturated heterocycles. The lowest BCUT2D eigenvalue weighted by molar-refractivity contribution is -0.153. The van der Waals surface area contributed by atoms with Gasteiger partial charge in [0.25, 0.3) is 0 Å². The molecule has 0 aromatic carbocycles. The summed E-state index contributed by atoms with van der Waals surface area (Å²) in [4.78, 5) is 0. The Morgan fingerprint density at radius 1 is 1.21 bits per heavy atom. The Labute approximate surface area is 80.7 Å². The third kappa shape index (κ3) is 1.65. The van der Waals surface area contributed by atoms with Crippen LogP contribution in [0.4, 0.5) is 13.2 Å². The maximum atomic E-state index is 12.6. The van der Waals surface area contributed by atoms with Crippen LogP contribution in [0.15, 0.2) is 23.5 Å². The summed E-state index contributed by atoms with van der Waals surface area (Å²) >= 11 is 0. The standard InChI is InChI=1S/C10H12F3N/c11-10(12,13)8-5-6-14-9-4-2-1-3-7(8)9/h5-6,8,14H,1-4H2. The molecule has 0 radical (unpaired) electrons. The van der Waals surface area contributed by atoms with Crippen molar-refractivity contribution in [1.29, 1.82) is 0 Å². The van der Waals surface area contributed by atoms with Crippen molar-refractivity contribution in [3.63, 3.8) is 0 Å². The molecule has 1 atom stereocenters. The van der Waals surface area contributed by atoms with Gasteiger partial charge >= 0.3 is 6.18 Å². The highest BCUT2D eigenvalue weighted by Crippen LogP contribution is 2.40. The van der Waals surface area contributed by atoms with E-state index in [2.05, 4.69) is 5.32 Å². The molecule has 14 heavy (non-hydrogen) atoms. The van der Waals surface area contributed by atoms with Crippen LogP contribution in [-0.2, 0) is 0 Å². The maximum absolute atomic E-state index is 12.6. The third-order valence-electron chi connectivity index (χ3n) is 2.78. The second-order valence-electron chi connectivity index (χ2n) is 3.73. The largest absolute Gasteiger partial charge is 0.398 e. The summed E-state index contributed by atoms with van der Waals surface area (Å²) in [5.41, 5.74) is 1.34. The first-order valence-electron chi connectivity index (χ1n) is 4.81. The molecular formula is C10H12F3N. The van der Waals surface area contributed by atoms with Crippen LogP contribution in [-0.4, -0.2) is 6.18 Å². The average molecular weight is 203 g/mol. The van der Waals surface area contributed by atoms with Gasteiger partial charge < -0.3 is 5.32 Å². The molecule has 1 N–H and O–H groups in total. The average Bonchev–Trinajstić information content (AvgIpc) is 2.15. The first-order valence-corrected chi connectivity index (χ1v) is 4.81. The topological polar surface area (TPSA) is 12.0 Å². The quantitative estimate of drug-likeness (QED) is 0.637. The fraction of sp³-hybridized carbons (Fsp3) is 0.600. The predicted octanol–water partition coefficient (Wildman–Crippen LogP) is 3.11. The van der Waals surface area contributed by atoms with Gasteiger partial charge in [-0.15, -0.1) is 0 Å². The normalized spacial score (nSPS) is 27.2. The van der Waals surface area contributed by atoms with Crippen molar-refractivity contribution in [3.8, 4) is 0 Å². The van der Waals surface area contributed by atoms with Crippen LogP contribution in [0.1, 0.15) is 25.7 Å². The molecule has 0 aromatic heterocycles. The SMILES string of the molecule is FC(F)(F)C1C=CNC2=C1CCCC2. The van der Waals surface area contributed by atoms with E-state index in [4.69, 9.17) is 0 Å². The van der Waals surface area contributed by atoms with Gasteiger partial charge in [-0.1, -0.05) is 6.08 Å². The van der Waals surface area contributed by atoms with Crippen LogP contribution in [0.5, 0.6) is 0 Å². The number of nitrogens with one attached hydrogen (secondary N) is 1. The third-order valence-corrected chi connectivity index (χ3v) is 2.78. The van der Waals surface area contributed by atoms with Crippen LogP contribution in [0.3, 0.4) is 0 Å². The Balaban J connectivity index is 2.28. The molecular weight excluding hydrogens is 191 g/mol. The van der Waals surface area contributed by atoms with Gasteiger partial charge in [0.05, 0.1) is 5.92 Å². The minimum atomic E-state index is -4.13. The zero-order valence-electron chi connectivity index (χ0n) is 7.69. The van der Waals surface area contributed by atoms with E-state index in [1.165, 1.54) is 12.3 Å². The van der Waals surface area contributed by atoms with E-state index in [1.807, 2.05) is 0 Å². The van der Waals surface area contributed by atoms with Crippen LogP contribution < -0.4 is 5.32 Å². The Morgan fingerprint density at radius 2 is 1.93 bits per heavy atom. The molecule has 0 fully saturated rings. The first kappa shape index (κ1) is 9.62. The lowest BCUT2D eigenvalue weighted by Crippen LogP contribution is -2.30. The second kappa shape index (κ2) is 3.33. The van der Waals surface area contributed by atoms with Crippen LogP contribution in [0, 0.1) is 5.92 Å². The minimum absolute atomic E-state index is 0.547. The van der Waals surface area contributed by atoms with E-state index in [-0.39, 0.29) is 0 Å². The zero-order valence-corrected chi connectivity index (χ0v) is 7.69. The summed E-state index contributed by atoms with van der Waals surface area (Å²) in [5.74, 6) is -1.35. The summed E-state index contributed by atoms with van der Waals surface area (Å²) in [6, 6.07) is 0. The van der Waals surface area contributed by atoms with Crippen molar-refractivity contribution >= 4 is 0 Å². The van der Waals surface area contributed by atoms with E-state index in [1.54, 1.807) is 0 Å². The number of dihydropyridines is 1. The van der Waals surface area contributed by atoms with E-state index >= 15 is 0 Å². The molecule has 1 aliphatic heterocycles. The van der Waals surface area contributed by atoms with E-state index in [0.29, 0.717) is 12.0 Å². The predicted molar refractivity (Wildman–Crippen MR) is 47.3 cm³/mol. The highest BCUT2D eigenvalue weighted by molar-refractivity contribution is 5.28. The number of hydrogen-bond acceptors (Lipinski definition) is 1. The number of allylic oxidation sites excluding steroid dienone is 3. The van der Waals surface area contributed by atoms with Crippen molar-refractivity contribution in [2.75, 3.05) is 0 Å². The number of rotatable bonds is 0. The highest BCUT2D eigenvalue weighted by Gasteiger charge is 2.42. The van der Waals surface area contributed by atoms with Gasteiger partial charge in [0.2, 0.25) is 0 Å². The molecule has 0 saturated carbocycles. The van der Waals surface area contributed by atoms with Gasteiger partial charge in [0, 0.05) is 5.70 Å². The van der Waals surface area contributed by atoms with Gasteiger partial charge in [-0.05, 0) is 37.5 Å². The Kier molecular flexibility index (Phi) is 2.29. The van der Waals surface area contributed by atoms with Crippen molar-refractivity contribution in [3.05, 3.63) is 23.5 Å². The van der Waals surface area contributed by atoms with Crippen LogP contribution in [0.2, 0.25) is 0 Å². The van der Waals surface area contributed by atoms with Gasteiger partial charge in [-0.3, -0.25) is 0 Å². The van der Waals surface area contributed by atoms with E-state index in [9.17, 15) is 13.2 Å². The van der Waals surface area contributed by atoms with Crippen molar-refractivity contribution in [2.24, 2.45) is 5.92 Å². The first-order chi connectivity index (χ1) is 6.59. The summed E-state index contributed by atoms with van der Waals surface area (Å²) in [6.07, 6.45) is 1.71. The number of alkyl halides is 3. The fourth-order valence-electron chi connectivity index (χ4n) is 2.10. The van der Waals surface area contributed by atoms with Gasteiger partial charge in [-0.2, -0.15) is 13.2 Å². The fourth-order valence-corrected chi connectivity index (χ4v) is 2.10. The van der Waals surface area contributed by atoms with Crippen molar-refractivity contribution in [2.45, 2.75) is 31.9 Å². The van der Waals surface area contributed by atoms with E-state index in [0.717, 1.165) is 25.0 Å². The molecule has 0 amide bonds. The zero-order chi connectivity index (χ0) is 10.2. The minimum Gasteiger partial charge on any atom is -0.365 e. The van der Waals surface area contributed by atoms with Crippen molar-refractivity contribution < 1.29 is 13.2 Å². The monoisotopic (exact) mass is 203 g/mol. The van der Waals surface area contributed by atoms with E-state index < -0.39 is 12.1 Å². The number of hydrogen-bond donors (Lipinski definition) is 1. The molecule has 0 bridgehead atoms. The van der Waals surface area contributed by atoms with Crippen LogP contribution >= 0.6 is 0 Å².